The fourth-order valence-corrected chi connectivity index (χ4v) is 1.66. The van der Waals surface area contributed by atoms with Crippen LogP contribution in [0.5, 0.6) is 0 Å². The van der Waals surface area contributed by atoms with Gasteiger partial charge in [-0.3, -0.25) is 0 Å². The van der Waals surface area contributed by atoms with Crippen molar-refractivity contribution in [2.45, 2.75) is 32.6 Å². The Morgan fingerprint density at radius 2 is 2.00 bits per heavy atom. The molecule has 0 aliphatic rings. The van der Waals surface area contributed by atoms with Crippen molar-refractivity contribution < 1.29 is 15.0 Å². The van der Waals surface area contributed by atoms with Gasteiger partial charge in [0.25, 0.3) is 0 Å². The Hall–Kier alpha value is -1.62. The maximum atomic E-state index is 11.0. The van der Waals surface area contributed by atoms with E-state index >= 15 is 0 Å². The van der Waals surface area contributed by atoms with Crippen molar-refractivity contribution in [1.82, 2.24) is 4.98 Å². The summed E-state index contributed by atoms with van der Waals surface area (Å²) < 4.78 is 0. The Bertz CT molecular complexity index is 394. The number of nitrogens with zero attached hydrogens (tertiary/aromatic N) is 1. The standard InChI is InChI=1S/C13H20N2O3/c1-10-6-7-11(13(17)18)12(15-10)14-8-4-2-3-5-9-16/h6-7,16H,2-5,8-9H2,1H3,(H,14,15)(H,17,18). The lowest BCUT2D eigenvalue weighted by molar-refractivity contribution is 0.0697. The number of hydrogen-bond acceptors (Lipinski definition) is 4. The summed E-state index contributed by atoms with van der Waals surface area (Å²) in [6, 6.07) is 3.26. The fraction of sp³-hybridized carbons (Fsp3) is 0.538. The summed E-state index contributed by atoms with van der Waals surface area (Å²) in [5.41, 5.74) is 0.999. The highest BCUT2D eigenvalue weighted by Gasteiger charge is 2.10. The van der Waals surface area contributed by atoms with E-state index in [1.54, 1.807) is 12.1 Å². The Morgan fingerprint density at radius 3 is 2.67 bits per heavy atom. The van der Waals surface area contributed by atoms with E-state index in [1.807, 2.05) is 6.92 Å². The summed E-state index contributed by atoms with van der Waals surface area (Å²) in [4.78, 5) is 15.2. The molecule has 5 nitrogen and oxygen atoms in total. The maximum Gasteiger partial charge on any atom is 0.339 e. The number of rotatable bonds is 8. The summed E-state index contributed by atoms with van der Waals surface area (Å²) in [5, 5.41) is 20.7. The second kappa shape index (κ2) is 7.66. The number of nitrogens with one attached hydrogen (secondary N) is 1. The Balaban J connectivity index is 2.45. The fourth-order valence-electron chi connectivity index (χ4n) is 1.66. The van der Waals surface area contributed by atoms with Gasteiger partial charge in [0, 0.05) is 18.8 Å². The van der Waals surface area contributed by atoms with E-state index in [0.29, 0.717) is 12.4 Å². The third-order valence-electron chi connectivity index (χ3n) is 2.64. The molecule has 18 heavy (non-hydrogen) atoms. The van der Waals surface area contributed by atoms with Crippen LogP contribution in [0.15, 0.2) is 12.1 Å². The van der Waals surface area contributed by atoms with Gasteiger partial charge in [0.15, 0.2) is 0 Å². The van der Waals surface area contributed by atoms with E-state index in [0.717, 1.165) is 31.4 Å². The summed E-state index contributed by atoms with van der Waals surface area (Å²) >= 11 is 0. The minimum absolute atomic E-state index is 0.205. The minimum atomic E-state index is -0.967. The molecular weight excluding hydrogens is 232 g/mol. The first-order valence-corrected chi connectivity index (χ1v) is 6.21. The number of carbonyl (C=O) groups is 1. The molecule has 0 spiro atoms. The zero-order valence-corrected chi connectivity index (χ0v) is 10.6. The van der Waals surface area contributed by atoms with Gasteiger partial charge in [-0.1, -0.05) is 12.8 Å². The number of pyridine rings is 1. The molecule has 0 aliphatic carbocycles. The number of aromatic nitrogens is 1. The number of aromatic carboxylic acids is 1. The van der Waals surface area contributed by atoms with Gasteiger partial charge < -0.3 is 15.5 Å². The van der Waals surface area contributed by atoms with Crippen LogP contribution in [0.1, 0.15) is 41.7 Å². The van der Waals surface area contributed by atoms with E-state index in [1.165, 1.54) is 0 Å². The Labute approximate surface area is 107 Å². The van der Waals surface area contributed by atoms with Crippen molar-refractivity contribution in [3.63, 3.8) is 0 Å². The quantitative estimate of drug-likeness (QED) is 0.617. The van der Waals surface area contributed by atoms with Crippen LogP contribution in [0, 0.1) is 6.92 Å². The number of carboxylic acid groups (broad SMARTS) is 1. The van der Waals surface area contributed by atoms with Gasteiger partial charge >= 0.3 is 5.97 Å². The third-order valence-corrected chi connectivity index (χ3v) is 2.64. The van der Waals surface area contributed by atoms with E-state index in [9.17, 15) is 4.79 Å². The molecule has 1 aromatic rings. The molecular formula is C13H20N2O3. The predicted octanol–water partition coefficient (Wildman–Crippen LogP) is 2.05. The molecule has 1 heterocycles. The highest BCUT2D eigenvalue weighted by molar-refractivity contribution is 5.93. The highest BCUT2D eigenvalue weighted by atomic mass is 16.4. The molecule has 3 N–H and O–H groups in total. The highest BCUT2D eigenvalue weighted by Crippen LogP contribution is 2.13. The SMILES string of the molecule is Cc1ccc(C(=O)O)c(NCCCCCCO)n1. The zero-order valence-electron chi connectivity index (χ0n) is 10.6. The third kappa shape index (κ3) is 4.71. The van der Waals surface area contributed by atoms with E-state index in [4.69, 9.17) is 10.2 Å². The monoisotopic (exact) mass is 252 g/mol. The lowest BCUT2D eigenvalue weighted by Crippen LogP contribution is -2.10. The lowest BCUT2D eigenvalue weighted by atomic mass is 10.2. The van der Waals surface area contributed by atoms with Crippen LogP contribution in [0.3, 0.4) is 0 Å². The first kappa shape index (κ1) is 14.4. The Kier molecular flexibility index (Phi) is 6.14. The number of aryl methyl sites for hydroxylation is 1. The molecule has 5 heteroatoms. The van der Waals surface area contributed by atoms with Crippen LogP contribution in [-0.2, 0) is 0 Å². The van der Waals surface area contributed by atoms with Crippen LogP contribution in [0.25, 0.3) is 0 Å². The van der Waals surface area contributed by atoms with Crippen molar-refractivity contribution >= 4 is 11.8 Å². The van der Waals surface area contributed by atoms with Gasteiger partial charge in [-0.15, -0.1) is 0 Å². The number of aliphatic hydroxyl groups excluding tert-OH is 1. The van der Waals surface area contributed by atoms with Crippen molar-refractivity contribution in [2.24, 2.45) is 0 Å². The molecule has 0 fully saturated rings. The summed E-state index contributed by atoms with van der Waals surface area (Å²) in [6.07, 6.45) is 3.77. The van der Waals surface area contributed by atoms with Gasteiger partial charge in [-0.05, 0) is 31.9 Å². The first-order chi connectivity index (χ1) is 8.65. The first-order valence-electron chi connectivity index (χ1n) is 6.21. The van der Waals surface area contributed by atoms with Gasteiger partial charge in [0.05, 0.1) is 0 Å². The van der Waals surface area contributed by atoms with E-state index in [2.05, 4.69) is 10.3 Å². The topological polar surface area (TPSA) is 82.5 Å². The molecule has 0 aromatic carbocycles. The average Bonchev–Trinajstić information content (AvgIpc) is 2.33. The predicted molar refractivity (Wildman–Crippen MR) is 70.0 cm³/mol. The molecule has 0 bridgehead atoms. The summed E-state index contributed by atoms with van der Waals surface area (Å²) in [6.45, 7) is 2.76. The van der Waals surface area contributed by atoms with Crippen molar-refractivity contribution in [1.29, 1.82) is 0 Å². The number of unbranched alkanes of at least 4 members (excludes halogenated alkanes) is 3. The van der Waals surface area contributed by atoms with Crippen LogP contribution >= 0.6 is 0 Å². The molecule has 0 unspecified atom stereocenters. The number of aliphatic hydroxyl groups is 1. The molecule has 0 atom stereocenters. The summed E-state index contributed by atoms with van der Waals surface area (Å²) in [5.74, 6) is -0.532. The maximum absolute atomic E-state index is 11.0. The summed E-state index contributed by atoms with van der Waals surface area (Å²) in [7, 11) is 0. The number of anilines is 1. The molecule has 0 saturated heterocycles. The lowest BCUT2D eigenvalue weighted by Gasteiger charge is -2.09. The number of carboxylic acids is 1. The van der Waals surface area contributed by atoms with Crippen molar-refractivity contribution in [2.75, 3.05) is 18.5 Å². The molecule has 100 valence electrons. The average molecular weight is 252 g/mol. The van der Waals surface area contributed by atoms with Crippen LogP contribution < -0.4 is 5.32 Å². The molecule has 1 aromatic heterocycles. The second-order valence-electron chi connectivity index (χ2n) is 4.22. The molecule has 0 aliphatic heterocycles. The largest absolute Gasteiger partial charge is 0.478 e. The van der Waals surface area contributed by atoms with Crippen LogP contribution in [0.2, 0.25) is 0 Å². The van der Waals surface area contributed by atoms with E-state index < -0.39 is 5.97 Å². The van der Waals surface area contributed by atoms with Gasteiger partial charge in [-0.25, -0.2) is 9.78 Å². The smallest absolute Gasteiger partial charge is 0.339 e. The van der Waals surface area contributed by atoms with Gasteiger partial charge in [0.2, 0.25) is 0 Å². The molecule has 0 amide bonds. The van der Waals surface area contributed by atoms with E-state index in [-0.39, 0.29) is 12.2 Å². The Morgan fingerprint density at radius 1 is 1.28 bits per heavy atom. The molecule has 1 rings (SSSR count). The molecule has 0 saturated carbocycles. The van der Waals surface area contributed by atoms with Crippen LogP contribution in [0.4, 0.5) is 5.82 Å². The van der Waals surface area contributed by atoms with Gasteiger partial charge in [-0.2, -0.15) is 0 Å². The zero-order chi connectivity index (χ0) is 13.4. The normalized spacial score (nSPS) is 10.3. The van der Waals surface area contributed by atoms with Crippen molar-refractivity contribution in [3.05, 3.63) is 23.4 Å². The van der Waals surface area contributed by atoms with Gasteiger partial charge in [0.1, 0.15) is 11.4 Å². The second-order valence-corrected chi connectivity index (χ2v) is 4.22. The molecule has 0 radical (unpaired) electrons. The van der Waals surface area contributed by atoms with Crippen molar-refractivity contribution in [3.8, 4) is 0 Å². The van der Waals surface area contributed by atoms with Crippen LogP contribution in [-0.4, -0.2) is 34.3 Å². The number of hydrogen-bond donors (Lipinski definition) is 3. The minimum Gasteiger partial charge on any atom is -0.478 e.